The Kier molecular flexibility index (Phi) is 5.57. The molecule has 1 N–H and O–H groups in total. The lowest BCUT2D eigenvalue weighted by molar-refractivity contribution is -0.143. The molecule has 0 saturated heterocycles. The van der Waals surface area contributed by atoms with Crippen molar-refractivity contribution in [3.8, 4) is 0 Å². The van der Waals surface area contributed by atoms with Crippen molar-refractivity contribution in [3.63, 3.8) is 0 Å². The molecule has 0 aromatic carbocycles. The normalized spacial score (nSPS) is 11.9. The van der Waals surface area contributed by atoms with E-state index in [0.717, 1.165) is 4.90 Å². The summed E-state index contributed by atoms with van der Waals surface area (Å²) in [5.41, 5.74) is -0.00130. The molecule has 0 saturated carbocycles. The van der Waals surface area contributed by atoms with Gasteiger partial charge in [0.1, 0.15) is 18.1 Å². The summed E-state index contributed by atoms with van der Waals surface area (Å²) >= 11 is 0. The number of rotatable bonds is 5. The van der Waals surface area contributed by atoms with Crippen LogP contribution in [0.1, 0.15) is 38.2 Å². The number of aromatic nitrogens is 1. The van der Waals surface area contributed by atoms with E-state index in [-0.39, 0.29) is 11.7 Å². The summed E-state index contributed by atoms with van der Waals surface area (Å²) in [4.78, 5) is 17.1. The van der Waals surface area contributed by atoms with Crippen LogP contribution in [0, 0.1) is 0 Å². The third-order valence-electron chi connectivity index (χ3n) is 2.64. The van der Waals surface area contributed by atoms with Crippen LogP contribution in [0.25, 0.3) is 0 Å². The lowest BCUT2D eigenvalue weighted by Crippen LogP contribution is -2.43. The quantitative estimate of drug-likeness (QED) is 0.907. The zero-order chi connectivity index (χ0) is 16.2. The molecule has 0 aliphatic rings. The SMILES string of the molecule is CC(C)Nc1cccc(C(=O)N(CC(F)(F)F)C(C)C)n1. The van der Waals surface area contributed by atoms with Crippen LogP contribution < -0.4 is 5.32 Å². The summed E-state index contributed by atoms with van der Waals surface area (Å²) in [6, 6.07) is 4.22. The Morgan fingerprint density at radius 2 is 1.90 bits per heavy atom. The van der Waals surface area contributed by atoms with E-state index >= 15 is 0 Å². The molecule has 1 aromatic heterocycles. The fraction of sp³-hybridized carbons (Fsp3) is 0.571. The fourth-order valence-electron chi connectivity index (χ4n) is 1.76. The Morgan fingerprint density at radius 1 is 1.29 bits per heavy atom. The summed E-state index contributed by atoms with van der Waals surface area (Å²) < 4.78 is 37.7. The molecule has 118 valence electrons. The van der Waals surface area contributed by atoms with Gasteiger partial charge in [0.2, 0.25) is 0 Å². The smallest absolute Gasteiger partial charge is 0.368 e. The summed E-state index contributed by atoms with van der Waals surface area (Å²) in [6.45, 7) is 5.60. The lowest BCUT2D eigenvalue weighted by atomic mass is 10.2. The number of amides is 1. The topological polar surface area (TPSA) is 45.2 Å². The highest BCUT2D eigenvalue weighted by atomic mass is 19.4. The molecule has 21 heavy (non-hydrogen) atoms. The van der Waals surface area contributed by atoms with Gasteiger partial charge in [-0.25, -0.2) is 4.98 Å². The zero-order valence-electron chi connectivity index (χ0n) is 12.5. The van der Waals surface area contributed by atoms with Crippen LogP contribution in [0.4, 0.5) is 19.0 Å². The van der Waals surface area contributed by atoms with Crippen molar-refractivity contribution in [2.75, 3.05) is 11.9 Å². The second-order valence-corrected chi connectivity index (χ2v) is 5.35. The molecular weight excluding hydrogens is 283 g/mol. The third-order valence-corrected chi connectivity index (χ3v) is 2.64. The summed E-state index contributed by atoms with van der Waals surface area (Å²) in [7, 11) is 0. The van der Waals surface area contributed by atoms with E-state index in [1.165, 1.54) is 6.07 Å². The molecule has 1 aromatic rings. The molecule has 1 amide bonds. The average molecular weight is 303 g/mol. The summed E-state index contributed by atoms with van der Waals surface area (Å²) in [5, 5.41) is 3.01. The van der Waals surface area contributed by atoms with E-state index in [1.807, 2.05) is 13.8 Å². The molecule has 0 aliphatic carbocycles. The molecule has 4 nitrogen and oxygen atoms in total. The molecule has 0 unspecified atom stereocenters. The highest BCUT2D eigenvalue weighted by Crippen LogP contribution is 2.20. The van der Waals surface area contributed by atoms with Gasteiger partial charge in [0, 0.05) is 12.1 Å². The highest BCUT2D eigenvalue weighted by Gasteiger charge is 2.35. The fourth-order valence-corrected chi connectivity index (χ4v) is 1.76. The van der Waals surface area contributed by atoms with Crippen molar-refractivity contribution in [3.05, 3.63) is 23.9 Å². The number of anilines is 1. The van der Waals surface area contributed by atoms with Gasteiger partial charge in [0.05, 0.1) is 0 Å². The molecule has 0 radical (unpaired) electrons. The minimum absolute atomic E-state index is 0.00130. The second kappa shape index (κ2) is 6.78. The molecule has 0 bridgehead atoms. The van der Waals surface area contributed by atoms with E-state index in [0.29, 0.717) is 5.82 Å². The standard InChI is InChI=1S/C14H20F3N3O/c1-9(2)18-12-7-5-6-11(19-12)13(21)20(10(3)4)8-14(15,16)17/h5-7,9-10H,8H2,1-4H3,(H,18,19). The average Bonchev–Trinajstić information content (AvgIpc) is 2.33. The second-order valence-electron chi connectivity index (χ2n) is 5.35. The number of hydrogen-bond acceptors (Lipinski definition) is 3. The Morgan fingerprint density at radius 3 is 2.38 bits per heavy atom. The van der Waals surface area contributed by atoms with Gasteiger partial charge in [-0.3, -0.25) is 4.79 Å². The van der Waals surface area contributed by atoms with E-state index in [1.54, 1.807) is 26.0 Å². The van der Waals surface area contributed by atoms with Crippen molar-refractivity contribution in [2.45, 2.75) is 46.0 Å². The molecule has 0 spiro atoms. The maximum absolute atomic E-state index is 12.6. The molecule has 0 fully saturated rings. The van der Waals surface area contributed by atoms with Crippen molar-refractivity contribution in [1.82, 2.24) is 9.88 Å². The minimum atomic E-state index is -4.44. The Balaban J connectivity index is 2.98. The van der Waals surface area contributed by atoms with Gasteiger partial charge in [-0.15, -0.1) is 0 Å². The van der Waals surface area contributed by atoms with Gasteiger partial charge in [0.25, 0.3) is 5.91 Å². The monoisotopic (exact) mass is 303 g/mol. The summed E-state index contributed by atoms with van der Waals surface area (Å²) in [6.07, 6.45) is -4.44. The van der Waals surface area contributed by atoms with Crippen molar-refractivity contribution >= 4 is 11.7 Å². The minimum Gasteiger partial charge on any atom is -0.368 e. The number of alkyl halides is 3. The largest absolute Gasteiger partial charge is 0.406 e. The first-order valence-corrected chi connectivity index (χ1v) is 6.71. The van der Waals surface area contributed by atoms with Crippen LogP contribution >= 0.6 is 0 Å². The van der Waals surface area contributed by atoms with Crippen LogP contribution in [-0.4, -0.2) is 40.6 Å². The van der Waals surface area contributed by atoms with Gasteiger partial charge < -0.3 is 10.2 Å². The predicted molar refractivity (Wildman–Crippen MR) is 75.2 cm³/mol. The van der Waals surface area contributed by atoms with E-state index in [4.69, 9.17) is 0 Å². The van der Waals surface area contributed by atoms with Gasteiger partial charge in [-0.1, -0.05) is 6.07 Å². The first kappa shape index (κ1) is 17.3. The van der Waals surface area contributed by atoms with E-state index in [2.05, 4.69) is 10.3 Å². The lowest BCUT2D eigenvalue weighted by Gasteiger charge is -2.27. The number of carbonyl (C=O) groups is 1. The van der Waals surface area contributed by atoms with Gasteiger partial charge in [0.15, 0.2) is 0 Å². The Bertz CT molecular complexity index is 487. The van der Waals surface area contributed by atoms with Crippen molar-refractivity contribution < 1.29 is 18.0 Å². The number of nitrogens with zero attached hydrogens (tertiary/aromatic N) is 2. The molecule has 1 rings (SSSR count). The van der Waals surface area contributed by atoms with Crippen LogP contribution in [-0.2, 0) is 0 Å². The maximum Gasteiger partial charge on any atom is 0.406 e. The van der Waals surface area contributed by atoms with Crippen LogP contribution in [0.15, 0.2) is 18.2 Å². The van der Waals surface area contributed by atoms with Crippen molar-refractivity contribution in [2.24, 2.45) is 0 Å². The van der Waals surface area contributed by atoms with E-state index in [9.17, 15) is 18.0 Å². The number of hydrogen-bond donors (Lipinski definition) is 1. The Labute approximate surface area is 122 Å². The van der Waals surface area contributed by atoms with Gasteiger partial charge in [-0.05, 0) is 39.8 Å². The highest BCUT2D eigenvalue weighted by molar-refractivity contribution is 5.92. The predicted octanol–water partition coefficient (Wildman–Crippen LogP) is 3.31. The van der Waals surface area contributed by atoms with Crippen LogP contribution in [0.2, 0.25) is 0 Å². The van der Waals surface area contributed by atoms with Gasteiger partial charge >= 0.3 is 6.18 Å². The number of pyridine rings is 1. The first-order valence-electron chi connectivity index (χ1n) is 6.71. The number of halogens is 3. The first-order chi connectivity index (χ1) is 9.60. The number of carbonyl (C=O) groups excluding carboxylic acids is 1. The molecule has 0 aliphatic heterocycles. The van der Waals surface area contributed by atoms with E-state index < -0.39 is 24.7 Å². The van der Waals surface area contributed by atoms with Gasteiger partial charge in [-0.2, -0.15) is 13.2 Å². The van der Waals surface area contributed by atoms with Crippen LogP contribution in [0.5, 0.6) is 0 Å². The Hall–Kier alpha value is -1.79. The maximum atomic E-state index is 12.6. The van der Waals surface area contributed by atoms with Crippen molar-refractivity contribution in [1.29, 1.82) is 0 Å². The summed E-state index contributed by atoms with van der Waals surface area (Å²) in [5.74, 6) is -0.263. The molecule has 1 heterocycles. The molecule has 7 heteroatoms. The number of nitrogens with one attached hydrogen (secondary N) is 1. The zero-order valence-corrected chi connectivity index (χ0v) is 12.5. The third kappa shape index (κ3) is 5.61. The molecular formula is C14H20F3N3O. The molecule has 0 atom stereocenters. The van der Waals surface area contributed by atoms with Crippen LogP contribution in [0.3, 0.4) is 0 Å².